The van der Waals surface area contributed by atoms with E-state index in [4.69, 9.17) is 0 Å². The molecule has 0 heterocycles. The van der Waals surface area contributed by atoms with Crippen LogP contribution in [-0.4, -0.2) is 50.0 Å². The Bertz CT molecular complexity index is 1150. The molecule has 0 saturated heterocycles. The van der Waals surface area contributed by atoms with E-state index in [2.05, 4.69) is 5.32 Å². The third-order valence-electron chi connectivity index (χ3n) is 6.71. The Hall–Kier alpha value is -2.94. The number of benzene rings is 2. The van der Waals surface area contributed by atoms with Gasteiger partial charge in [0.1, 0.15) is 18.4 Å². The monoisotopic (exact) mass is 517 g/mol. The van der Waals surface area contributed by atoms with E-state index in [-0.39, 0.29) is 18.5 Å². The largest absolute Gasteiger partial charge is 0.352 e. The van der Waals surface area contributed by atoms with Gasteiger partial charge in [-0.05, 0) is 55.5 Å². The Morgan fingerprint density at radius 2 is 1.69 bits per heavy atom. The Kier molecular flexibility index (Phi) is 9.48. The second-order valence-corrected chi connectivity index (χ2v) is 11.3. The van der Waals surface area contributed by atoms with Gasteiger partial charge in [0.15, 0.2) is 0 Å². The van der Waals surface area contributed by atoms with Gasteiger partial charge in [-0.25, -0.2) is 12.8 Å². The summed E-state index contributed by atoms with van der Waals surface area (Å²) in [7, 11) is -3.79. The van der Waals surface area contributed by atoms with Crippen molar-refractivity contribution in [2.24, 2.45) is 0 Å². The minimum absolute atomic E-state index is 0.0470. The molecule has 36 heavy (non-hydrogen) atoms. The molecular weight excluding hydrogens is 481 g/mol. The molecule has 1 fully saturated rings. The van der Waals surface area contributed by atoms with Crippen molar-refractivity contribution in [1.82, 2.24) is 10.2 Å². The van der Waals surface area contributed by atoms with E-state index in [1.165, 1.54) is 17.0 Å². The van der Waals surface area contributed by atoms with E-state index < -0.39 is 34.3 Å². The highest BCUT2D eigenvalue weighted by molar-refractivity contribution is 7.92. The molecule has 1 aliphatic rings. The quantitative estimate of drug-likeness (QED) is 0.516. The van der Waals surface area contributed by atoms with Gasteiger partial charge >= 0.3 is 0 Å². The maximum Gasteiger partial charge on any atom is 0.244 e. The van der Waals surface area contributed by atoms with Crippen LogP contribution in [0.25, 0.3) is 0 Å². The topological polar surface area (TPSA) is 86.8 Å². The zero-order valence-corrected chi connectivity index (χ0v) is 22.1. The van der Waals surface area contributed by atoms with Crippen molar-refractivity contribution >= 4 is 27.5 Å². The van der Waals surface area contributed by atoms with Crippen LogP contribution >= 0.6 is 0 Å². The van der Waals surface area contributed by atoms with Crippen LogP contribution in [0.3, 0.4) is 0 Å². The summed E-state index contributed by atoms with van der Waals surface area (Å²) in [6.07, 6.45) is 6.72. The molecular formula is C27H36FN3O4S. The van der Waals surface area contributed by atoms with Gasteiger partial charge in [-0.3, -0.25) is 13.9 Å². The number of hydrogen-bond donors (Lipinski definition) is 1. The van der Waals surface area contributed by atoms with E-state index in [9.17, 15) is 22.4 Å². The van der Waals surface area contributed by atoms with Gasteiger partial charge < -0.3 is 10.2 Å². The van der Waals surface area contributed by atoms with E-state index in [0.717, 1.165) is 48.2 Å². The molecule has 1 atom stereocenters. The number of para-hydroxylation sites is 1. The van der Waals surface area contributed by atoms with E-state index >= 15 is 0 Å². The lowest BCUT2D eigenvalue weighted by Gasteiger charge is -2.33. The maximum atomic E-state index is 13.6. The summed E-state index contributed by atoms with van der Waals surface area (Å²) in [6.45, 7) is 3.16. The minimum Gasteiger partial charge on any atom is -0.352 e. The van der Waals surface area contributed by atoms with Gasteiger partial charge in [-0.15, -0.1) is 0 Å². The summed E-state index contributed by atoms with van der Waals surface area (Å²) < 4.78 is 40.1. The highest BCUT2D eigenvalue weighted by atomic mass is 32.2. The van der Waals surface area contributed by atoms with Crippen LogP contribution in [0.2, 0.25) is 0 Å². The Labute approximate surface area is 213 Å². The second kappa shape index (κ2) is 12.3. The molecule has 7 nitrogen and oxygen atoms in total. The van der Waals surface area contributed by atoms with Gasteiger partial charge in [0.25, 0.3) is 0 Å². The van der Waals surface area contributed by atoms with E-state index in [0.29, 0.717) is 17.7 Å². The molecule has 0 aliphatic heterocycles. The highest BCUT2D eigenvalue weighted by Gasteiger charge is 2.31. The maximum absolute atomic E-state index is 13.6. The molecule has 1 saturated carbocycles. The summed E-state index contributed by atoms with van der Waals surface area (Å²) in [5.41, 5.74) is 1.88. The number of sulfonamides is 1. The predicted molar refractivity (Wildman–Crippen MR) is 139 cm³/mol. The van der Waals surface area contributed by atoms with Crippen molar-refractivity contribution in [2.45, 2.75) is 71.0 Å². The lowest BCUT2D eigenvalue weighted by atomic mass is 9.95. The summed E-state index contributed by atoms with van der Waals surface area (Å²) in [5, 5.41) is 3.06. The Balaban J connectivity index is 1.89. The first-order valence-electron chi connectivity index (χ1n) is 12.5. The number of hydrogen-bond acceptors (Lipinski definition) is 4. The van der Waals surface area contributed by atoms with Crippen molar-refractivity contribution < 1.29 is 22.4 Å². The molecule has 0 aromatic heterocycles. The standard InChI is InChI=1S/C27H36FN3O4S/c1-4-22-10-8-9-13-25(22)31(36(3,34)35)19-26(32)30(18-21-14-16-23(28)17-15-21)20(2)27(33)29-24-11-6-5-7-12-24/h8-10,13-17,20,24H,4-7,11-12,18-19H2,1-3H3,(H,29,33). The fourth-order valence-corrected chi connectivity index (χ4v) is 5.47. The summed E-state index contributed by atoms with van der Waals surface area (Å²) >= 11 is 0. The van der Waals surface area contributed by atoms with Crippen molar-refractivity contribution in [3.63, 3.8) is 0 Å². The van der Waals surface area contributed by atoms with Crippen LogP contribution in [0.5, 0.6) is 0 Å². The summed E-state index contributed by atoms with van der Waals surface area (Å²) in [5.74, 6) is -1.20. The van der Waals surface area contributed by atoms with Crippen LogP contribution in [0.15, 0.2) is 48.5 Å². The van der Waals surface area contributed by atoms with E-state index in [1.54, 1.807) is 31.2 Å². The molecule has 1 aliphatic carbocycles. The van der Waals surface area contributed by atoms with Gasteiger partial charge in [0.05, 0.1) is 11.9 Å². The Morgan fingerprint density at radius 3 is 2.31 bits per heavy atom. The van der Waals surface area contributed by atoms with Gasteiger partial charge in [-0.1, -0.05) is 56.5 Å². The van der Waals surface area contributed by atoms with Crippen LogP contribution in [-0.2, 0) is 32.6 Å². The normalized spacial score (nSPS) is 15.2. The van der Waals surface area contributed by atoms with Crippen LogP contribution in [0, 0.1) is 5.82 Å². The molecule has 196 valence electrons. The molecule has 0 bridgehead atoms. The molecule has 3 rings (SSSR count). The number of carbonyl (C=O) groups excluding carboxylic acids is 2. The first kappa shape index (κ1) is 27.6. The molecule has 0 spiro atoms. The second-order valence-electron chi connectivity index (χ2n) is 9.42. The van der Waals surface area contributed by atoms with Crippen molar-refractivity contribution in [2.75, 3.05) is 17.1 Å². The molecule has 0 radical (unpaired) electrons. The first-order valence-corrected chi connectivity index (χ1v) is 14.3. The first-order chi connectivity index (χ1) is 17.1. The number of rotatable bonds is 10. The predicted octanol–water partition coefficient (Wildman–Crippen LogP) is 4.02. The number of carbonyl (C=O) groups is 2. The van der Waals surface area contributed by atoms with Crippen LogP contribution in [0.4, 0.5) is 10.1 Å². The van der Waals surface area contributed by atoms with Crippen molar-refractivity contribution in [3.8, 4) is 0 Å². The van der Waals surface area contributed by atoms with Crippen molar-refractivity contribution in [1.29, 1.82) is 0 Å². The van der Waals surface area contributed by atoms with Crippen LogP contribution in [0.1, 0.15) is 57.1 Å². The third-order valence-corrected chi connectivity index (χ3v) is 7.83. The zero-order chi connectivity index (χ0) is 26.3. The molecule has 1 unspecified atom stereocenters. The average Bonchev–Trinajstić information content (AvgIpc) is 2.86. The highest BCUT2D eigenvalue weighted by Crippen LogP contribution is 2.24. The number of aryl methyl sites for hydroxylation is 1. The third kappa shape index (κ3) is 7.29. The number of nitrogens with one attached hydrogen (secondary N) is 1. The average molecular weight is 518 g/mol. The van der Waals surface area contributed by atoms with Gasteiger partial charge in [-0.2, -0.15) is 0 Å². The number of anilines is 1. The van der Waals surface area contributed by atoms with Crippen molar-refractivity contribution in [3.05, 3.63) is 65.5 Å². The van der Waals surface area contributed by atoms with E-state index in [1.807, 2.05) is 19.1 Å². The number of amides is 2. The summed E-state index contributed by atoms with van der Waals surface area (Å²) in [6, 6.07) is 12.0. The Morgan fingerprint density at radius 1 is 1.06 bits per heavy atom. The van der Waals surface area contributed by atoms with Gasteiger partial charge in [0, 0.05) is 12.6 Å². The number of nitrogens with zero attached hydrogens (tertiary/aromatic N) is 2. The molecule has 9 heteroatoms. The lowest BCUT2D eigenvalue weighted by molar-refractivity contribution is -0.139. The molecule has 2 aromatic rings. The van der Waals surface area contributed by atoms with Gasteiger partial charge in [0.2, 0.25) is 21.8 Å². The number of halogens is 1. The van der Waals surface area contributed by atoms with Crippen LogP contribution < -0.4 is 9.62 Å². The SMILES string of the molecule is CCc1ccccc1N(CC(=O)N(Cc1ccc(F)cc1)C(C)C(=O)NC1CCCCC1)S(C)(=O)=O. The fraction of sp³-hybridized carbons (Fsp3) is 0.481. The zero-order valence-electron chi connectivity index (χ0n) is 21.2. The summed E-state index contributed by atoms with van der Waals surface area (Å²) in [4.78, 5) is 28.2. The molecule has 2 aromatic carbocycles. The fourth-order valence-electron chi connectivity index (χ4n) is 4.59. The smallest absolute Gasteiger partial charge is 0.244 e. The lowest BCUT2D eigenvalue weighted by Crippen LogP contribution is -2.53. The minimum atomic E-state index is -3.79. The molecule has 2 amide bonds. The molecule has 1 N–H and O–H groups in total.